The smallest absolute Gasteiger partial charge is 0.269 e. The SMILES string of the molecule is CCn1c(SCC(=O)Nc2ccc([N+](=O)[O-])cc2)nc2c(c1=O)S[C@@H](C)C2. The minimum atomic E-state index is -0.496. The fraction of sp³-hybridized carbons (Fsp3) is 0.353. The zero-order chi connectivity index (χ0) is 19.6. The Balaban J connectivity index is 1.68. The Kier molecular flexibility index (Phi) is 5.85. The van der Waals surface area contributed by atoms with E-state index >= 15 is 0 Å². The first-order valence-electron chi connectivity index (χ1n) is 8.36. The van der Waals surface area contributed by atoms with Crippen molar-refractivity contribution < 1.29 is 9.72 Å². The van der Waals surface area contributed by atoms with Gasteiger partial charge in [-0.05, 0) is 19.1 Å². The van der Waals surface area contributed by atoms with E-state index in [9.17, 15) is 19.7 Å². The van der Waals surface area contributed by atoms with E-state index < -0.39 is 4.92 Å². The van der Waals surface area contributed by atoms with Crippen molar-refractivity contribution in [1.29, 1.82) is 0 Å². The van der Waals surface area contributed by atoms with Gasteiger partial charge < -0.3 is 5.32 Å². The van der Waals surface area contributed by atoms with Crippen molar-refractivity contribution in [2.24, 2.45) is 0 Å². The molecule has 1 aromatic carbocycles. The maximum atomic E-state index is 12.6. The molecular formula is C17H18N4O4S2. The molecule has 1 aliphatic rings. The van der Waals surface area contributed by atoms with Gasteiger partial charge >= 0.3 is 0 Å². The van der Waals surface area contributed by atoms with Gasteiger partial charge in [0.2, 0.25) is 5.91 Å². The van der Waals surface area contributed by atoms with Gasteiger partial charge in [0, 0.05) is 36.0 Å². The molecule has 8 nitrogen and oxygen atoms in total. The van der Waals surface area contributed by atoms with E-state index in [1.807, 2.05) is 6.92 Å². The second-order valence-corrected chi connectivity index (χ2v) is 8.38. The Morgan fingerprint density at radius 2 is 2.15 bits per heavy atom. The predicted molar refractivity (Wildman–Crippen MR) is 106 cm³/mol. The summed E-state index contributed by atoms with van der Waals surface area (Å²) in [5.41, 5.74) is 1.20. The number of nitrogens with zero attached hydrogens (tertiary/aromatic N) is 3. The number of aromatic nitrogens is 2. The van der Waals surface area contributed by atoms with Crippen LogP contribution in [0.2, 0.25) is 0 Å². The second kappa shape index (κ2) is 8.13. The molecule has 0 aliphatic carbocycles. The number of non-ortho nitro benzene ring substituents is 1. The molecule has 27 heavy (non-hydrogen) atoms. The number of nitrogens with one attached hydrogen (secondary N) is 1. The molecule has 2 aromatic rings. The zero-order valence-corrected chi connectivity index (χ0v) is 16.4. The molecular weight excluding hydrogens is 388 g/mol. The van der Waals surface area contributed by atoms with Crippen LogP contribution in [0.25, 0.3) is 0 Å². The van der Waals surface area contributed by atoms with Gasteiger partial charge in [-0.1, -0.05) is 18.7 Å². The van der Waals surface area contributed by atoms with Gasteiger partial charge in [0.25, 0.3) is 11.2 Å². The molecule has 1 N–H and O–H groups in total. The molecule has 1 amide bonds. The van der Waals surface area contributed by atoms with E-state index in [2.05, 4.69) is 17.2 Å². The molecule has 0 spiro atoms. The lowest BCUT2D eigenvalue weighted by Gasteiger charge is -2.11. The van der Waals surface area contributed by atoms with E-state index in [0.29, 0.717) is 27.5 Å². The topological polar surface area (TPSA) is 107 Å². The molecule has 1 atom stereocenters. The summed E-state index contributed by atoms with van der Waals surface area (Å²) < 4.78 is 1.59. The summed E-state index contributed by atoms with van der Waals surface area (Å²) in [7, 11) is 0. The first-order chi connectivity index (χ1) is 12.9. The van der Waals surface area contributed by atoms with Crippen LogP contribution in [0, 0.1) is 10.1 Å². The summed E-state index contributed by atoms with van der Waals surface area (Å²) in [6.07, 6.45) is 0.752. The number of rotatable bonds is 6. The minimum Gasteiger partial charge on any atom is -0.325 e. The number of carbonyl (C=O) groups is 1. The highest BCUT2D eigenvalue weighted by Gasteiger charge is 2.26. The zero-order valence-electron chi connectivity index (χ0n) is 14.8. The van der Waals surface area contributed by atoms with Crippen molar-refractivity contribution in [3.63, 3.8) is 0 Å². The average molecular weight is 406 g/mol. The van der Waals surface area contributed by atoms with Crippen molar-refractivity contribution in [1.82, 2.24) is 9.55 Å². The molecule has 2 heterocycles. The molecule has 0 unspecified atom stereocenters. The van der Waals surface area contributed by atoms with Crippen LogP contribution < -0.4 is 10.9 Å². The highest BCUT2D eigenvalue weighted by molar-refractivity contribution is 8.00. The molecule has 1 aromatic heterocycles. The number of benzene rings is 1. The third-order valence-corrected chi connectivity index (χ3v) is 6.16. The first-order valence-corrected chi connectivity index (χ1v) is 10.2. The van der Waals surface area contributed by atoms with Gasteiger partial charge in [0.1, 0.15) is 0 Å². The fourth-order valence-electron chi connectivity index (χ4n) is 2.71. The highest BCUT2D eigenvalue weighted by atomic mass is 32.2. The van der Waals surface area contributed by atoms with Crippen LogP contribution in [0.3, 0.4) is 0 Å². The van der Waals surface area contributed by atoms with E-state index in [4.69, 9.17) is 0 Å². The predicted octanol–water partition coefficient (Wildman–Crippen LogP) is 2.94. The van der Waals surface area contributed by atoms with Crippen LogP contribution in [-0.2, 0) is 17.8 Å². The monoisotopic (exact) mass is 406 g/mol. The van der Waals surface area contributed by atoms with Crippen LogP contribution >= 0.6 is 23.5 Å². The summed E-state index contributed by atoms with van der Waals surface area (Å²) in [5.74, 6) is -0.181. The number of hydrogen-bond donors (Lipinski definition) is 1. The number of carbonyl (C=O) groups excluding carboxylic acids is 1. The van der Waals surface area contributed by atoms with Crippen LogP contribution in [0.15, 0.2) is 39.1 Å². The van der Waals surface area contributed by atoms with Crippen molar-refractivity contribution >= 4 is 40.8 Å². The average Bonchev–Trinajstić information content (AvgIpc) is 3.01. The highest BCUT2D eigenvalue weighted by Crippen LogP contribution is 2.34. The number of amides is 1. The summed E-state index contributed by atoms with van der Waals surface area (Å²) in [6.45, 7) is 4.42. The number of hydrogen-bond acceptors (Lipinski definition) is 7. The largest absolute Gasteiger partial charge is 0.325 e. The fourth-order valence-corrected chi connectivity index (χ4v) is 4.71. The summed E-state index contributed by atoms with van der Waals surface area (Å²) in [5, 5.41) is 14.2. The second-order valence-electron chi connectivity index (χ2n) is 5.99. The molecule has 142 valence electrons. The van der Waals surface area contributed by atoms with E-state index in [1.165, 1.54) is 36.0 Å². The molecule has 0 fully saturated rings. The van der Waals surface area contributed by atoms with E-state index in [-0.39, 0.29) is 22.9 Å². The molecule has 0 bridgehead atoms. The number of nitro benzene ring substituents is 1. The molecule has 0 radical (unpaired) electrons. The lowest BCUT2D eigenvalue weighted by molar-refractivity contribution is -0.384. The summed E-state index contributed by atoms with van der Waals surface area (Å²) in [6, 6.07) is 5.63. The molecule has 10 heteroatoms. The van der Waals surface area contributed by atoms with Crippen LogP contribution in [-0.4, -0.2) is 31.4 Å². The van der Waals surface area contributed by atoms with Crippen molar-refractivity contribution in [3.05, 3.63) is 50.4 Å². The van der Waals surface area contributed by atoms with E-state index in [0.717, 1.165) is 12.1 Å². The Morgan fingerprint density at radius 3 is 2.78 bits per heavy atom. The Morgan fingerprint density at radius 1 is 1.44 bits per heavy atom. The molecule has 0 saturated carbocycles. The van der Waals surface area contributed by atoms with Gasteiger partial charge in [-0.15, -0.1) is 11.8 Å². The van der Waals surface area contributed by atoms with Gasteiger partial charge in [-0.3, -0.25) is 24.3 Å². The molecule has 1 aliphatic heterocycles. The molecule has 3 rings (SSSR count). The maximum Gasteiger partial charge on any atom is 0.269 e. The van der Waals surface area contributed by atoms with Crippen molar-refractivity contribution in [2.45, 2.75) is 42.1 Å². The third kappa shape index (κ3) is 4.33. The number of nitro groups is 1. The number of thioether (sulfide) groups is 2. The summed E-state index contributed by atoms with van der Waals surface area (Å²) in [4.78, 5) is 40.3. The van der Waals surface area contributed by atoms with Crippen molar-refractivity contribution in [3.8, 4) is 0 Å². The first kappa shape index (κ1) is 19.4. The van der Waals surface area contributed by atoms with Crippen LogP contribution in [0.5, 0.6) is 0 Å². The minimum absolute atomic E-state index is 0.0382. The standard InChI is InChI=1S/C17H18N4O4S2/c1-3-20-16(23)15-13(8-10(2)27-15)19-17(20)26-9-14(22)18-11-4-6-12(7-5-11)21(24)25/h4-7,10H,3,8-9H2,1-2H3,(H,18,22)/t10-/m0/s1. The lowest BCUT2D eigenvalue weighted by Crippen LogP contribution is -2.25. The van der Waals surface area contributed by atoms with Crippen LogP contribution in [0.1, 0.15) is 19.5 Å². The van der Waals surface area contributed by atoms with Gasteiger partial charge in [0.15, 0.2) is 5.16 Å². The number of fused-ring (bicyclic) bond motifs is 1. The Bertz CT molecular complexity index is 943. The molecule has 0 saturated heterocycles. The third-order valence-electron chi connectivity index (χ3n) is 3.97. The maximum absolute atomic E-state index is 12.6. The quantitative estimate of drug-likeness (QED) is 0.340. The lowest BCUT2D eigenvalue weighted by atomic mass is 10.2. The van der Waals surface area contributed by atoms with E-state index in [1.54, 1.807) is 16.3 Å². The number of anilines is 1. The van der Waals surface area contributed by atoms with Gasteiger partial charge in [-0.25, -0.2) is 4.98 Å². The Hall–Kier alpha value is -2.33. The normalized spacial score (nSPS) is 15.4. The van der Waals surface area contributed by atoms with Gasteiger partial charge in [0.05, 0.1) is 21.3 Å². The van der Waals surface area contributed by atoms with Crippen molar-refractivity contribution in [2.75, 3.05) is 11.1 Å². The van der Waals surface area contributed by atoms with Gasteiger partial charge in [-0.2, -0.15) is 0 Å². The summed E-state index contributed by atoms with van der Waals surface area (Å²) >= 11 is 2.76. The van der Waals surface area contributed by atoms with Crippen LogP contribution in [0.4, 0.5) is 11.4 Å². The Labute approximate surface area is 163 Å².